The lowest BCUT2D eigenvalue weighted by Crippen LogP contribution is -2.26. The largest absolute Gasteiger partial charge is 0.481 e. The highest BCUT2D eigenvalue weighted by Gasteiger charge is 2.29. The van der Waals surface area contributed by atoms with Gasteiger partial charge in [-0.15, -0.1) is 0 Å². The molecular formula is C20H38O12. The van der Waals surface area contributed by atoms with Crippen molar-refractivity contribution in [2.24, 2.45) is 23.2 Å². The summed E-state index contributed by atoms with van der Waals surface area (Å²) < 4.78 is 0. The van der Waals surface area contributed by atoms with E-state index in [0.717, 1.165) is 0 Å². The van der Waals surface area contributed by atoms with Crippen molar-refractivity contribution in [3.8, 4) is 0 Å². The highest BCUT2D eigenvalue weighted by molar-refractivity contribution is 5.80. The van der Waals surface area contributed by atoms with Crippen LogP contribution >= 0.6 is 0 Å². The third kappa shape index (κ3) is 23.1. The summed E-state index contributed by atoms with van der Waals surface area (Å²) in [6.07, 6.45) is -0.745. The van der Waals surface area contributed by atoms with E-state index in [9.17, 15) is 28.8 Å². The summed E-state index contributed by atoms with van der Waals surface area (Å²) in [5.74, 6) is -7.92. The number of rotatable bonds is 10. The summed E-state index contributed by atoms with van der Waals surface area (Å²) >= 11 is 0. The molecule has 0 aromatic carbocycles. The van der Waals surface area contributed by atoms with Crippen LogP contribution in [-0.2, 0) is 28.8 Å². The van der Waals surface area contributed by atoms with Gasteiger partial charge in [-0.05, 0) is 19.8 Å². The Morgan fingerprint density at radius 1 is 0.656 bits per heavy atom. The molecular weight excluding hydrogens is 432 g/mol. The van der Waals surface area contributed by atoms with Crippen molar-refractivity contribution >= 4 is 35.8 Å². The number of hydrogen-bond acceptors (Lipinski definition) is 6. The molecule has 0 radical (unpaired) electrons. The molecule has 3 atom stereocenters. The number of carboxylic acid groups (broad SMARTS) is 6. The SMILES string of the molecule is C.C.CC(C)(CC(=O)O)C(=O)O.CC(CC(=O)O)C(=O)O.CC(CC(=O)O)C(C)C(=O)O. The van der Waals surface area contributed by atoms with Crippen molar-refractivity contribution < 1.29 is 59.4 Å². The molecule has 190 valence electrons. The zero-order valence-electron chi connectivity index (χ0n) is 17.5. The second-order valence-corrected chi connectivity index (χ2v) is 7.30. The van der Waals surface area contributed by atoms with Crippen molar-refractivity contribution in [2.75, 3.05) is 0 Å². The summed E-state index contributed by atoms with van der Waals surface area (Å²) in [5.41, 5.74) is -1.16. The van der Waals surface area contributed by atoms with Crippen LogP contribution < -0.4 is 0 Å². The fraction of sp³-hybridized carbons (Fsp3) is 0.700. The van der Waals surface area contributed by atoms with E-state index in [-0.39, 0.29) is 40.0 Å². The quantitative estimate of drug-likeness (QED) is 0.271. The number of carbonyl (C=O) groups is 6. The Morgan fingerprint density at radius 2 is 1.03 bits per heavy atom. The molecule has 0 aromatic heterocycles. The fourth-order valence-corrected chi connectivity index (χ4v) is 1.50. The van der Waals surface area contributed by atoms with Gasteiger partial charge < -0.3 is 30.6 Å². The van der Waals surface area contributed by atoms with E-state index < -0.39 is 53.1 Å². The van der Waals surface area contributed by atoms with Crippen LogP contribution in [0.5, 0.6) is 0 Å². The van der Waals surface area contributed by atoms with Crippen molar-refractivity contribution in [1.29, 1.82) is 0 Å². The second-order valence-electron chi connectivity index (χ2n) is 7.30. The lowest BCUT2D eigenvalue weighted by Gasteiger charge is -2.14. The van der Waals surface area contributed by atoms with Gasteiger partial charge in [-0.3, -0.25) is 28.8 Å². The highest BCUT2D eigenvalue weighted by Crippen LogP contribution is 2.19. The fourth-order valence-electron chi connectivity index (χ4n) is 1.50. The van der Waals surface area contributed by atoms with E-state index in [4.69, 9.17) is 30.6 Å². The molecule has 0 heterocycles. The zero-order chi connectivity index (χ0) is 24.8. The van der Waals surface area contributed by atoms with Crippen LogP contribution in [0.4, 0.5) is 0 Å². The van der Waals surface area contributed by atoms with E-state index >= 15 is 0 Å². The summed E-state index contributed by atoms with van der Waals surface area (Å²) in [6.45, 7) is 7.24. The standard InChI is InChI=1S/C7H12O4.C6H10O4.C5H8O4.2CH4/c1-4(3-6(8)9)5(2)7(10)11;1-6(2,5(9)10)3-4(7)8;1-3(5(8)9)2-4(6)7;;/h4-5H,3H2,1-2H3,(H,8,9)(H,10,11);3H2,1-2H3,(H,7,8)(H,9,10);3H,2H2,1H3,(H,6,7)(H,8,9);2*1H4. The Balaban J connectivity index is -0.000000111. The van der Waals surface area contributed by atoms with Gasteiger partial charge in [0.1, 0.15) is 0 Å². The Labute approximate surface area is 187 Å². The molecule has 12 nitrogen and oxygen atoms in total. The molecule has 0 aliphatic rings. The Kier molecular flexibility index (Phi) is 22.8. The first-order valence-corrected chi connectivity index (χ1v) is 8.69. The molecule has 0 saturated carbocycles. The van der Waals surface area contributed by atoms with Gasteiger partial charge in [0.2, 0.25) is 0 Å². The van der Waals surface area contributed by atoms with E-state index in [1.807, 2.05) is 0 Å². The zero-order valence-corrected chi connectivity index (χ0v) is 17.5. The van der Waals surface area contributed by atoms with Gasteiger partial charge in [0.25, 0.3) is 0 Å². The van der Waals surface area contributed by atoms with Gasteiger partial charge in [0.05, 0.1) is 30.1 Å². The Bertz CT molecular complexity index is 624. The molecule has 0 bridgehead atoms. The molecule has 0 aliphatic carbocycles. The minimum atomic E-state index is -1.16. The number of aliphatic carboxylic acids is 6. The van der Waals surface area contributed by atoms with Gasteiger partial charge in [-0.2, -0.15) is 0 Å². The molecule has 32 heavy (non-hydrogen) atoms. The monoisotopic (exact) mass is 470 g/mol. The second kappa shape index (κ2) is 18.6. The lowest BCUT2D eigenvalue weighted by molar-refractivity contribution is -0.153. The first-order valence-electron chi connectivity index (χ1n) is 8.69. The Hall–Kier alpha value is -3.18. The van der Waals surface area contributed by atoms with Crippen molar-refractivity contribution in [1.82, 2.24) is 0 Å². The smallest absolute Gasteiger partial charge is 0.309 e. The van der Waals surface area contributed by atoms with Gasteiger partial charge in [-0.1, -0.05) is 35.6 Å². The van der Waals surface area contributed by atoms with Crippen molar-refractivity contribution in [2.45, 2.75) is 68.7 Å². The Morgan fingerprint density at radius 3 is 1.19 bits per heavy atom. The average molecular weight is 471 g/mol. The normalized spacial score (nSPS) is 12.3. The maximum Gasteiger partial charge on any atom is 0.309 e. The van der Waals surface area contributed by atoms with Gasteiger partial charge in [-0.25, -0.2) is 0 Å². The summed E-state index contributed by atoms with van der Waals surface area (Å²) in [6, 6.07) is 0. The molecule has 0 saturated heterocycles. The van der Waals surface area contributed by atoms with Gasteiger partial charge in [0, 0.05) is 6.42 Å². The van der Waals surface area contributed by atoms with Crippen molar-refractivity contribution in [3.05, 3.63) is 0 Å². The predicted octanol–water partition coefficient (Wildman–Crippen LogP) is 2.84. The van der Waals surface area contributed by atoms with E-state index in [0.29, 0.717) is 0 Å². The first kappa shape index (κ1) is 39.3. The molecule has 0 spiro atoms. The molecule has 0 aliphatic heterocycles. The molecule has 0 fully saturated rings. The van der Waals surface area contributed by atoms with Crippen LogP contribution in [0, 0.1) is 23.2 Å². The highest BCUT2D eigenvalue weighted by atomic mass is 16.4. The topological polar surface area (TPSA) is 224 Å². The molecule has 0 rings (SSSR count). The molecule has 6 N–H and O–H groups in total. The third-order valence-corrected chi connectivity index (χ3v) is 3.81. The lowest BCUT2D eigenvalue weighted by atomic mass is 9.90. The van der Waals surface area contributed by atoms with Crippen LogP contribution in [0.2, 0.25) is 0 Å². The van der Waals surface area contributed by atoms with Crippen LogP contribution in [0.15, 0.2) is 0 Å². The summed E-state index contributed by atoms with van der Waals surface area (Å²) in [4.78, 5) is 60.6. The van der Waals surface area contributed by atoms with E-state index in [1.165, 1.54) is 27.7 Å². The first-order chi connectivity index (χ1) is 13.3. The predicted molar refractivity (Wildman–Crippen MR) is 114 cm³/mol. The van der Waals surface area contributed by atoms with Crippen LogP contribution in [0.1, 0.15) is 68.7 Å². The maximum absolute atomic E-state index is 10.3. The minimum absolute atomic E-state index is 0. The van der Waals surface area contributed by atoms with Crippen LogP contribution in [0.3, 0.4) is 0 Å². The van der Waals surface area contributed by atoms with Gasteiger partial charge >= 0.3 is 35.8 Å². The van der Waals surface area contributed by atoms with Gasteiger partial charge in [0.15, 0.2) is 0 Å². The van der Waals surface area contributed by atoms with Crippen LogP contribution in [0.25, 0.3) is 0 Å². The molecule has 12 heteroatoms. The van der Waals surface area contributed by atoms with E-state index in [2.05, 4.69) is 0 Å². The third-order valence-electron chi connectivity index (χ3n) is 3.81. The van der Waals surface area contributed by atoms with E-state index in [1.54, 1.807) is 6.92 Å². The van der Waals surface area contributed by atoms with Crippen LogP contribution in [-0.4, -0.2) is 66.5 Å². The summed E-state index contributed by atoms with van der Waals surface area (Å²) in [5, 5.41) is 49.7. The molecule has 0 aromatic rings. The molecule has 0 amide bonds. The number of carboxylic acids is 6. The summed E-state index contributed by atoms with van der Waals surface area (Å²) in [7, 11) is 0. The maximum atomic E-state index is 10.3. The average Bonchev–Trinajstić information content (AvgIpc) is 2.52. The molecule has 3 unspecified atom stereocenters. The number of hydrogen-bond donors (Lipinski definition) is 6. The van der Waals surface area contributed by atoms with Crippen molar-refractivity contribution in [3.63, 3.8) is 0 Å². The minimum Gasteiger partial charge on any atom is -0.481 e.